The molecule has 0 saturated carbocycles. The van der Waals surface area contributed by atoms with Gasteiger partial charge < -0.3 is 4.90 Å². The number of aryl methyl sites for hydroxylation is 1. The fraction of sp³-hybridized carbons (Fsp3) is 0.562. The standard InChI is InChI=1S/C16H24FNO/c1-6-9-18(15(19)11-16(3,4)5)13-7-8-14(17)12(2)10-13/h7-8,10H,6,9,11H2,1-5H3. The summed E-state index contributed by atoms with van der Waals surface area (Å²) in [6.45, 7) is 10.6. The Kier molecular flexibility index (Phi) is 5.10. The fourth-order valence-corrected chi connectivity index (χ4v) is 1.97. The molecule has 3 heteroatoms. The molecule has 0 radical (unpaired) electrons. The number of carbonyl (C=O) groups is 1. The van der Waals surface area contributed by atoms with E-state index in [1.807, 2.05) is 27.7 Å². The van der Waals surface area contributed by atoms with Crippen molar-refractivity contribution in [2.75, 3.05) is 11.4 Å². The van der Waals surface area contributed by atoms with Crippen molar-refractivity contribution in [2.45, 2.75) is 47.5 Å². The highest BCUT2D eigenvalue weighted by molar-refractivity contribution is 5.93. The summed E-state index contributed by atoms with van der Waals surface area (Å²) in [4.78, 5) is 14.1. The summed E-state index contributed by atoms with van der Waals surface area (Å²) in [5.41, 5.74) is 1.31. The highest BCUT2D eigenvalue weighted by Gasteiger charge is 2.22. The molecule has 0 fully saturated rings. The molecule has 0 aliphatic carbocycles. The molecule has 1 amide bonds. The second-order valence-electron chi connectivity index (χ2n) is 6.22. The zero-order chi connectivity index (χ0) is 14.6. The predicted molar refractivity (Wildman–Crippen MR) is 77.9 cm³/mol. The van der Waals surface area contributed by atoms with E-state index < -0.39 is 0 Å². The highest BCUT2D eigenvalue weighted by Crippen LogP contribution is 2.24. The van der Waals surface area contributed by atoms with Crippen molar-refractivity contribution in [3.8, 4) is 0 Å². The minimum Gasteiger partial charge on any atom is -0.312 e. The van der Waals surface area contributed by atoms with Crippen LogP contribution in [0.25, 0.3) is 0 Å². The van der Waals surface area contributed by atoms with Gasteiger partial charge in [-0.3, -0.25) is 4.79 Å². The van der Waals surface area contributed by atoms with Gasteiger partial charge in [0.15, 0.2) is 0 Å². The van der Waals surface area contributed by atoms with Crippen LogP contribution < -0.4 is 4.90 Å². The highest BCUT2D eigenvalue weighted by atomic mass is 19.1. The Balaban J connectivity index is 2.99. The van der Waals surface area contributed by atoms with Crippen molar-refractivity contribution in [3.05, 3.63) is 29.6 Å². The third kappa shape index (κ3) is 4.66. The molecular formula is C16H24FNO. The van der Waals surface area contributed by atoms with Crippen molar-refractivity contribution < 1.29 is 9.18 Å². The summed E-state index contributed by atoms with van der Waals surface area (Å²) in [5.74, 6) is -0.135. The maximum atomic E-state index is 13.3. The van der Waals surface area contributed by atoms with E-state index in [-0.39, 0.29) is 17.1 Å². The van der Waals surface area contributed by atoms with Gasteiger partial charge in [0.25, 0.3) is 0 Å². The molecule has 0 unspecified atom stereocenters. The number of hydrogen-bond acceptors (Lipinski definition) is 1. The molecule has 19 heavy (non-hydrogen) atoms. The molecule has 1 rings (SSSR count). The molecule has 1 aromatic rings. The quantitative estimate of drug-likeness (QED) is 0.794. The van der Waals surface area contributed by atoms with Gasteiger partial charge in [0, 0.05) is 18.7 Å². The van der Waals surface area contributed by atoms with Crippen LogP contribution in [0.2, 0.25) is 0 Å². The normalized spacial score (nSPS) is 11.5. The first-order valence-electron chi connectivity index (χ1n) is 6.81. The summed E-state index contributed by atoms with van der Waals surface area (Å²) in [5, 5.41) is 0. The van der Waals surface area contributed by atoms with Crippen LogP contribution in [0.1, 0.15) is 46.1 Å². The van der Waals surface area contributed by atoms with Crippen LogP contribution in [-0.4, -0.2) is 12.5 Å². The molecular weight excluding hydrogens is 241 g/mol. The van der Waals surface area contributed by atoms with Gasteiger partial charge in [0.1, 0.15) is 5.82 Å². The van der Waals surface area contributed by atoms with Gasteiger partial charge >= 0.3 is 0 Å². The number of hydrogen-bond donors (Lipinski definition) is 0. The van der Waals surface area contributed by atoms with Crippen molar-refractivity contribution >= 4 is 11.6 Å². The molecule has 0 aliphatic heterocycles. The zero-order valence-electron chi connectivity index (χ0n) is 12.6. The maximum absolute atomic E-state index is 13.3. The second kappa shape index (κ2) is 6.18. The van der Waals surface area contributed by atoms with E-state index in [0.717, 1.165) is 12.1 Å². The van der Waals surface area contributed by atoms with E-state index in [1.54, 1.807) is 24.0 Å². The molecule has 0 bridgehead atoms. The van der Waals surface area contributed by atoms with Gasteiger partial charge in [0.2, 0.25) is 5.91 Å². The Morgan fingerprint density at radius 3 is 2.42 bits per heavy atom. The predicted octanol–water partition coefficient (Wildman–Crippen LogP) is 4.31. The van der Waals surface area contributed by atoms with Crippen LogP contribution in [0.15, 0.2) is 18.2 Å². The fourth-order valence-electron chi connectivity index (χ4n) is 1.97. The minimum absolute atomic E-state index is 0.0435. The van der Waals surface area contributed by atoms with Gasteiger partial charge in [-0.1, -0.05) is 27.7 Å². The van der Waals surface area contributed by atoms with E-state index in [9.17, 15) is 9.18 Å². The average molecular weight is 265 g/mol. The molecule has 0 atom stereocenters. The zero-order valence-corrected chi connectivity index (χ0v) is 12.6. The number of rotatable bonds is 4. The largest absolute Gasteiger partial charge is 0.312 e. The third-order valence-electron chi connectivity index (χ3n) is 2.88. The lowest BCUT2D eigenvalue weighted by molar-refractivity contribution is -0.120. The Labute approximate surface area is 115 Å². The lowest BCUT2D eigenvalue weighted by Crippen LogP contribution is -2.34. The molecule has 1 aromatic carbocycles. The van der Waals surface area contributed by atoms with Crippen LogP contribution in [0.5, 0.6) is 0 Å². The molecule has 0 aromatic heterocycles. The monoisotopic (exact) mass is 265 g/mol. The Bertz CT molecular complexity index is 449. The molecule has 0 heterocycles. The lowest BCUT2D eigenvalue weighted by atomic mass is 9.91. The summed E-state index contributed by atoms with van der Waals surface area (Å²) < 4.78 is 13.3. The van der Waals surface area contributed by atoms with Crippen molar-refractivity contribution in [1.82, 2.24) is 0 Å². The van der Waals surface area contributed by atoms with Crippen molar-refractivity contribution in [2.24, 2.45) is 5.41 Å². The van der Waals surface area contributed by atoms with Gasteiger partial charge in [-0.2, -0.15) is 0 Å². The lowest BCUT2D eigenvalue weighted by Gasteiger charge is -2.27. The Morgan fingerprint density at radius 2 is 1.95 bits per heavy atom. The van der Waals surface area contributed by atoms with E-state index >= 15 is 0 Å². The van der Waals surface area contributed by atoms with Crippen LogP contribution >= 0.6 is 0 Å². The number of anilines is 1. The molecule has 0 spiro atoms. The van der Waals surface area contributed by atoms with E-state index in [4.69, 9.17) is 0 Å². The van der Waals surface area contributed by atoms with Crippen LogP contribution in [-0.2, 0) is 4.79 Å². The first-order valence-corrected chi connectivity index (χ1v) is 6.81. The van der Waals surface area contributed by atoms with Crippen LogP contribution in [0, 0.1) is 18.2 Å². The number of amides is 1. The van der Waals surface area contributed by atoms with Crippen LogP contribution in [0.3, 0.4) is 0 Å². The second-order valence-corrected chi connectivity index (χ2v) is 6.22. The molecule has 106 valence electrons. The first kappa shape index (κ1) is 15.7. The summed E-state index contributed by atoms with van der Waals surface area (Å²) in [7, 11) is 0. The summed E-state index contributed by atoms with van der Waals surface area (Å²) in [6.07, 6.45) is 1.37. The van der Waals surface area contributed by atoms with Gasteiger partial charge in [-0.05, 0) is 42.5 Å². The number of nitrogens with zero attached hydrogens (tertiary/aromatic N) is 1. The maximum Gasteiger partial charge on any atom is 0.227 e. The molecule has 0 aliphatic rings. The van der Waals surface area contributed by atoms with E-state index in [1.165, 1.54) is 6.07 Å². The molecule has 0 saturated heterocycles. The SMILES string of the molecule is CCCN(C(=O)CC(C)(C)C)c1ccc(F)c(C)c1. The Hall–Kier alpha value is -1.38. The summed E-state index contributed by atoms with van der Waals surface area (Å²) >= 11 is 0. The van der Waals surface area contributed by atoms with E-state index in [0.29, 0.717) is 18.5 Å². The smallest absolute Gasteiger partial charge is 0.227 e. The molecule has 2 nitrogen and oxygen atoms in total. The number of benzene rings is 1. The number of carbonyl (C=O) groups excluding carboxylic acids is 1. The third-order valence-corrected chi connectivity index (χ3v) is 2.88. The first-order chi connectivity index (χ1) is 8.74. The van der Waals surface area contributed by atoms with Gasteiger partial charge in [-0.25, -0.2) is 4.39 Å². The minimum atomic E-state index is -0.233. The summed E-state index contributed by atoms with van der Waals surface area (Å²) in [6, 6.07) is 4.85. The van der Waals surface area contributed by atoms with E-state index in [2.05, 4.69) is 0 Å². The van der Waals surface area contributed by atoms with Crippen molar-refractivity contribution in [1.29, 1.82) is 0 Å². The van der Waals surface area contributed by atoms with Gasteiger partial charge in [0.05, 0.1) is 0 Å². The number of halogens is 1. The topological polar surface area (TPSA) is 20.3 Å². The van der Waals surface area contributed by atoms with Crippen LogP contribution in [0.4, 0.5) is 10.1 Å². The van der Waals surface area contributed by atoms with Crippen molar-refractivity contribution in [3.63, 3.8) is 0 Å². The average Bonchev–Trinajstić information content (AvgIpc) is 2.27. The Morgan fingerprint density at radius 1 is 1.32 bits per heavy atom. The van der Waals surface area contributed by atoms with Gasteiger partial charge in [-0.15, -0.1) is 0 Å². The molecule has 0 N–H and O–H groups in total.